The minimum Gasteiger partial charge on any atom is -0.387 e. The predicted octanol–water partition coefficient (Wildman–Crippen LogP) is -1.85. The molecule has 8 aromatic heterocycles. The van der Waals surface area contributed by atoms with Crippen molar-refractivity contribution in [1.82, 2.24) is 99.8 Å². The zero-order valence-electron chi connectivity index (χ0n) is 46.5. The van der Waals surface area contributed by atoms with Crippen LogP contribution in [0.4, 0.5) is 32.1 Å². The highest BCUT2D eigenvalue weighted by atomic mass is 32.2. The highest BCUT2D eigenvalue weighted by Crippen LogP contribution is 2.53. The van der Waals surface area contributed by atoms with Crippen LogP contribution < -0.4 is 44.7 Å². The Morgan fingerprint density at radius 1 is 0.500 bits per heavy atom. The van der Waals surface area contributed by atoms with E-state index in [1.165, 1.54) is 45.3 Å². The number of ether oxygens (including phenoxy) is 4. The minimum absolute atomic E-state index is 0. The second kappa shape index (κ2) is 24.2. The van der Waals surface area contributed by atoms with Crippen molar-refractivity contribution in [3.05, 3.63) is 50.6 Å². The van der Waals surface area contributed by atoms with Gasteiger partial charge in [0.05, 0.1) is 44.6 Å². The summed E-state index contributed by atoms with van der Waals surface area (Å²) in [7, 11) is -19.4. The van der Waals surface area contributed by atoms with Gasteiger partial charge in [0.1, 0.15) is 90.1 Å². The van der Waals surface area contributed by atoms with Crippen LogP contribution in [0, 0.1) is 5.92 Å². The van der Waals surface area contributed by atoms with Crippen molar-refractivity contribution in [3.8, 4) is 0 Å². The van der Waals surface area contributed by atoms with Crippen molar-refractivity contribution in [1.29, 1.82) is 0 Å². The molecule has 6 fully saturated rings. The molecule has 488 valence electrons. The van der Waals surface area contributed by atoms with Crippen LogP contribution in [-0.4, -0.2) is 203 Å². The monoisotopic (exact) mass is 1350 g/mol. The number of fused-ring (bicyclic) bond motifs is 10. The lowest BCUT2D eigenvalue weighted by Crippen LogP contribution is -2.43. The van der Waals surface area contributed by atoms with Crippen LogP contribution >= 0.6 is 15.6 Å². The Morgan fingerprint density at radius 2 is 0.822 bits per heavy atom. The van der Waals surface area contributed by atoms with Gasteiger partial charge in [0.2, 0.25) is 0 Å². The molecule has 8 aromatic rings. The van der Waals surface area contributed by atoms with Crippen LogP contribution in [0.2, 0.25) is 0 Å². The SMILES string of the molecule is C[C@H]1[C@H]2OS(=O)(=O)NC[C@H]3O[C@@H](n4cnc5c(N)ncnc54)[C@H](F)[C@@H]3OP(=O)(O)OC[C@H]1O[C@H]2n1cnc2c(N)ncnc21.Nc1ncnc2c1ncn2[C@@H]1O[C@@H]2CNS(=O)(=O)O[C@@H]3[C@H](O)[C@@H](COP(=O)(O)O[C@H]2[C@H]1F)O[C@H]3n1cnc2c(N)ncnc21.[NH4+].[NH4+]. The molecule has 49 heteroatoms. The Bertz CT molecular complexity index is 4070. The van der Waals surface area contributed by atoms with Crippen LogP contribution in [0.5, 0.6) is 0 Å². The van der Waals surface area contributed by atoms with Gasteiger partial charge in [-0.3, -0.25) is 36.4 Å². The average Bonchev–Trinajstić information content (AvgIpc) is 1.83. The van der Waals surface area contributed by atoms with E-state index in [0.29, 0.717) is 0 Å². The molecule has 43 nitrogen and oxygen atoms in total. The van der Waals surface area contributed by atoms with E-state index in [1.54, 1.807) is 6.92 Å². The average molecular weight is 1350 g/mol. The number of imidazole rings is 4. The Hall–Kier alpha value is -7.06. The molecule has 0 spiro atoms. The summed E-state index contributed by atoms with van der Waals surface area (Å²) in [6.45, 7) is -1.08. The number of rotatable bonds is 4. The number of aliphatic hydroxyl groups excluding tert-OH is 1. The molecule has 18 atom stereocenters. The van der Waals surface area contributed by atoms with E-state index in [0.717, 1.165) is 23.5 Å². The number of aromatic nitrogens is 16. The number of anilines is 4. The number of nitrogens with one attached hydrogen (secondary N) is 2. The summed E-state index contributed by atoms with van der Waals surface area (Å²) in [5.74, 6) is -0.581. The first-order chi connectivity index (χ1) is 41.8. The fourth-order valence-electron chi connectivity index (χ4n) is 10.7. The van der Waals surface area contributed by atoms with Crippen LogP contribution in [0.3, 0.4) is 0 Å². The number of nitrogen functional groups attached to an aromatic ring is 4. The smallest absolute Gasteiger partial charge is 0.387 e. The second-order valence-corrected chi connectivity index (χ2v) is 25.8. The number of quaternary nitrogens is 2. The van der Waals surface area contributed by atoms with Crippen LogP contribution in [-0.2, 0) is 75.1 Å². The van der Waals surface area contributed by atoms with Gasteiger partial charge in [-0.25, -0.2) is 86.1 Å². The standard InChI is InChI=1S/C21H25FN11O9PS.C20H23FN11O10PS.2H3N/c1-8-10-3-38-43(34,35)41-15-9(39-20(11(15)22)32-6-29-12-16(23)25-4-27-18(12)32)2-31-44(36,37)42-14(8)21(40-10)33-7-30-13-17(24)26-5-28-19(13)33;21-9-13-7(39-19(9)31-5-28-10-15(22)24-3-26-17(10)31)1-30-44(36,37)42-14-12(33)8(2-38-43(34,35)41-13)40-20(14)32-6-29-11-16(23)25-4-27-18(11)32;;/h4-11,14-15,20-21,31H,2-3H2,1H3,(H,34,35)(H2,23,25,27)(H2,24,26,28);3-9,12-14,19-20,30,33H,1-2H2,(H,34,35)(H2,22,24,26)(H2,23,25,27);2*1H3/p+2/t8-,9-,10-,11-,14-,15-,20-,21-;7-,8-,9-,12-,13-,14-,19-,20-;;/m11../s1. The number of hydrogen-bond acceptors (Lipinski definition) is 33. The first-order valence-electron chi connectivity index (χ1n) is 25.8. The lowest BCUT2D eigenvalue weighted by Gasteiger charge is -2.24. The molecule has 6 saturated heterocycles. The van der Waals surface area contributed by atoms with Crippen molar-refractivity contribution >= 4 is 104 Å². The number of nitrogens with two attached hydrogens (primary N) is 4. The quantitative estimate of drug-likeness (QED) is 0.0862. The van der Waals surface area contributed by atoms with Gasteiger partial charge >= 0.3 is 36.3 Å². The van der Waals surface area contributed by atoms with Crippen LogP contribution in [0.1, 0.15) is 31.8 Å². The maximum atomic E-state index is 15.9. The summed E-state index contributed by atoms with van der Waals surface area (Å²) in [6, 6.07) is 0. The third-order valence-corrected chi connectivity index (χ3v) is 18.9. The highest BCUT2D eigenvalue weighted by Gasteiger charge is 2.56. The van der Waals surface area contributed by atoms with Gasteiger partial charge in [0, 0.05) is 19.0 Å². The first-order valence-corrected chi connectivity index (χ1v) is 31.6. The van der Waals surface area contributed by atoms with Crippen LogP contribution in [0.25, 0.3) is 44.7 Å². The molecule has 21 N–H and O–H groups in total. The predicted molar refractivity (Wildman–Crippen MR) is 296 cm³/mol. The fraction of sp³-hybridized carbons (Fsp3) is 0.512. The zero-order valence-corrected chi connectivity index (χ0v) is 49.9. The van der Waals surface area contributed by atoms with Crippen molar-refractivity contribution in [2.75, 3.05) is 49.2 Å². The van der Waals surface area contributed by atoms with E-state index >= 15 is 8.78 Å². The van der Waals surface area contributed by atoms with E-state index in [1.807, 2.05) is 0 Å². The highest BCUT2D eigenvalue weighted by molar-refractivity contribution is 7.85. The summed E-state index contributed by atoms with van der Waals surface area (Å²) in [4.78, 5) is 69.3. The first kappa shape index (κ1) is 64.5. The molecule has 0 radical (unpaired) electrons. The number of phosphoric ester groups is 2. The van der Waals surface area contributed by atoms with Gasteiger partial charge in [0.15, 0.2) is 89.2 Å². The normalized spacial score (nSPS) is 35.3. The summed E-state index contributed by atoms with van der Waals surface area (Å²) in [5, 5.41) is 11.0. The van der Waals surface area contributed by atoms with Crippen molar-refractivity contribution in [2.45, 2.75) is 99.1 Å². The molecule has 0 aliphatic carbocycles. The molecule has 0 amide bonds. The summed E-state index contributed by atoms with van der Waals surface area (Å²) >= 11 is 0. The van der Waals surface area contributed by atoms with E-state index in [2.05, 4.69) is 69.3 Å². The van der Waals surface area contributed by atoms with Gasteiger partial charge in [0.25, 0.3) is 0 Å². The lowest BCUT2D eigenvalue weighted by atomic mass is 10.0. The topological polar surface area (TPSA) is 631 Å². The number of phosphoric acid groups is 2. The van der Waals surface area contributed by atoms with Gasteiger partial charge in [-0.05, 0) is 0 Å². The van der Waals surface area contributed by atoms with Gasteiger partial charge in [-0.15, -0.1) is 0 Å². The molecule has 90 heavy (non-hydrogen) atoms. The zero-order chi connectivity index (χ0) is 61.9. The van der Waals surface area contributed by atoms with Crippen molar-refractivity contribution < 1.29 is 95.0 Å². The Balaban J connectivity index is 0.000000181. The van der Waals surface area contributed by atoms with Crippen molar-refractivity contribution in [3.63, 3.8) is 0 Å². The Morgan fingerprint density at radius 3 is 1.21 bits per heavy atom. The van der Waals surface area contributed by atoms with E-state index < -0.39 is 161 Å². The van der Waals surface area contributed by atoms with E-state index in [-0.39, 0.29) is 80.2 Å². The fourth-order valence-corrected chi connectivity index (χ4v) is 14.5. The van der Waals surface area contributed by atoms with E-state index in [9.17, 15) is 40.9 Å². The summed E-state index contributed by atoms with van der Waals surface area (Å²) in [6.07, 6.45) is -13.9. The van der Waals surface area contributed by atoms with E-state index in [4.69, 9.17) is 68.3 Å². The van der Waals surface area contributed by atoms with Gasteiger partial charge in [-0.2, -0.15) is 26.3 Å². The number of halogens is 2. The Labute approximate surface area is 502 Å². The van der Waals surface area contributed by atoms with Crippen molar-refractivity contribution in [2.24, 2.45) is 5.92 Å². The lowest BCUT2D eigenvalue weighted by molar-refractivity contribution is -0.0536. The molecule has 4 bridgehead atoms. The maximum absolute atomic E-state index is 15.9. The summed E-state index contributed by atoms with van der Waals surface area (Å²) < 4.78 is 175. The van der Waals surface area contributed by atoms with Gasteiger partial charge < -0.3 is 69.1 Å². The molecule has 0 saturated carbocycles. The molecule has 14 heterocycles. The summed E-state index contributed by atoms with van der Waals surface area (Å²) in [5.41, 5.74) is 24.6. The molecule has 0 aromatic carbocycles. The molecule has 2 unspecified atom stereocenters. The molecule has 6 aliphatic heterocycles. The number of hydrogen-bond donors (Lipinski definition) is 11. The minimum atomic E-state index is -5.09. The molecule has 6 aliphatic rings. The number of alkyl halides is 2. The maximum Gasteiger partial charge on any atom is 0.472 e. The third kappa shape index (κ3) is 11.8. The Kier molecular flexibility index (Phi) is 17.3. The molecular formula is C41H56F2N24O19P2S2+2. The largest absolute Gasteiger partial charge is 0.472 e. The third-order valence-electron chi connectivity index (χ3n) is 14.9. The number of aliphatic hydroxyl groups is 1. The van der Waals surface area contributed by atoms with Gasteiger partial charge in [-0.1, -0.05) is 6.92 Å². The second-order valence-electron chi connectivity index (χ2n) is 20.2. The molecular weight excluding hydrogens is 1300 g/mol. The van der Waals surface area contributed by atoms with Crippen LogP contribution in [0.15, 0.2) is 50.6 Å². The molecule has 14 rings (SSSR count). The number of nitrogens with zero attached hydrogens (tertiary/aromatic N) is 16.